The van der Waals surface area contributed by atoms with Gasteiger partial charge in [0.2, 0.25) is 5.91 Å². The molecule has 0 unspecified atom stereocenters. The first-order valence-corrected chi connectivity index (χ1v) is 11.5. The highest BCUT2D eigenvalue weighted by molar-refractivity contribution is 8.00. The van der Waals surface area contributed by atoms with E-state index in [1.54, 1.807) is 42.5 Å². The van der Waals surface area contributed by atoms with Gasteiger partial charge in [-0.2, -0.15) is 0 Å². The SMILES string of the molecule is Cc1cccc(NS(=O)(=O)c2ccc(NC(=O)CSc3ccc(Cl)cc3)cc2)c1. The van der Waals surface area contributed by atoms with E-state index in [9.17, 15) is 13.2 Å². The molecule has 0 heterocycles. The van der Waals surface area contributed by atoms with E-state index in [1.165, 1.54) is 23.9 Å². The van der Waals surface area contributed by atoms with E-state index in [0.29, 0.717) is 16.4 Å². The number of nitrogens with one attached hydrogen (secondary N) is 2. The van der Waals surface area contributed by atoms with E-state index in [-0.39, 0.29) is 16.6 Å². The highest BCUT2D eigenvalue weighted by Crippen LogP contribution is 2.22. The molecule has 0 fully saturated rings. The quantitative estimate of drug-likeness (QED) is 0.490. The van der Waals surface area contributed by atoms with Crippen LogP contribution in [0.3, 0.4) is 0 Å². The Hall–Kier alpha value is -2.48. The Labute approximate surface area is 179 Å². The van der Waals surface area contributed by atoms with Crippen LogP contribution in [-0.2, 0) is 14.8 Å². The minimum atomic E-state index is -3.70. The lowest BCUT2D eigenvalue weighted by Crippen LogP contribution is -2.15. The van der Waals surface area contributed by atoms with Gasteiger partial charge in [0.15, 0.2) is 0 Å². The topological polar surface area (TPSA) is 75.3 Å². The number of anilines is 2. The van der Waals surface area contributed by atoms with Crippen molar-refractivity contribution in [2.24, 2.45) is 0 Å². The number of amides is 1. The molecule has 0 aliphatic heterocycles. The van der Waals surface area contributed by atoms with Gasteiger partial charge in [-0.15, -0.1) is 11.8 Å². The predicted molar refractivity (Wildman–Crippen MR) is 119 cm³/mol. The second kappa shape index (κ2) is 9.35. The van der Waals surface area contributed by atoms with Crippen LogP contribution < -0.4 is 10.0 Å². The van der Waals surface area contributed by atoms with Crippen LogP contribution >= 0.6 is 23.4 Å². The summed E-state index contributed by atoms with van der Waals surface area (Å²) in [7, 11) is -3.70. The van der Waals surface area contributed by atoms with Gasteiger partial charge in [0.1, 0.15) is 0 Å². The fourth-order valence-electron chi connectivity index (χ4n) is 2.52. The summed E-state index contributed by atoms with van der Waals surface area (Å²) >= 11 is 7.23. The molecule has 150 valence electrons. The monoisotopic (exact) mass is 446 g/mol. The second-order valence-electron chi connectivity index (χ2n) is 6.29. The number of hydrogen-bond acceptors (Lipinski definition) is 4. The molecule has 0 atom stereocenters. The largest absolute Gasteiger partial charge is 0.325 e. The molecule has 0 bridgehead atoms. The van der Waals surface area contributed by atoms with Crippen molar-refractivity contribution in [1.82, 2.24) is 0 Å². The molecule has 29 heavy (non-hydrogen) atoms. The first-order valence-electron chi connectivity index (χ1n) is 8.70. The number of thioether (sulfide) groups is 1. The van der Waals surface area contributed by atoms with Gasteiger partial charge in [-0.25, -0.2) is 8.42 Å². The van der Waals surface area contributed by atoms with Crippen LogP contribution in [0.4, 0.5) is 11.4 Å². The molecule has 8 heteroatoms. The zero-order chi connectivity index (χ0) is 20.9. The molecular weight excluding hydrogens is 428 g/mol. The van der Waals surface area contributed by atoms with Gasteiger partial charge in [0.25, 0.3) is 10.0 Å². The van der Waals surface area contributed by atoms with Gasteiger partial charge < -0.3 is 5.32 Å². The molecule has 2 N–H and O–H groups in total. The van der Waals surface area contributed by atoms with Crippen LogP contribution in [0.1, 0.15) is 5.56 Å². The zero-order valence-electron chi connectivity index (χ0n) is 15.6. The predicted octanol–water partition coefficient (Wildman–Crippen LogP) is 5.18. The Bertz CT molecular complexity index is 1100. The Kier molecular flexibility index (Phi) is 6.84. The van der Waals surface area contributed by atoms with E-state index < -0.39 is 10.0 Å². The molecule has 3 rings (SSSR count). The fraction of sp³-hybridized carbons (Fsp3) is 0.0952. The molecule has 3 aromatic rings. The summed E-state index contributed by atoms with van der Waals surface area (Å²) in [4.78, 5) is 13.2. The van der Waals surface area contributed by atoms with E-state index in [4.69, 9.17) is 11.6 Å². The molecule has 0 saturated carbocycles. The number of halogens is 1. The van der Waals surface area contributed by atoms with E-state index in [2.05, 4.69) is 10.0 Å². The summed E-state index contributed by atoms with van der Waals surface area (Å²) in [5, 5.41) is 3.40. The summed E-state index contributed by atoms with van der Waals surface area (Å²) < 4.78 is 27.6. The van der Waals surface area contributed by atoms with E-state index in [0.717, 1.165) is 10.5 Å². The molecule has 0 spiro atoms. The Morgan fingerprint density at radius 2 is 1.66 bits per heavy atom. The minimum absolute atomic E-state index is 0.118. The average molecular weight is 447 g/mol. The molecule has 0 aromatic heterocycles. The summed E-state index contributed by atoms with van der Waals surface area (Å²) in [5.74, 6) is 0.0507. The van der Waals surface area contributed by atoms with E-state index in [1.807, 2.05) is 25.1 Å². The highest BCUT2D eigenvalue weighted by Gasteiger charge is 2.14. The summed E-state index contributed by atoms with van der Waals surface area (Å²) in [6.07, 6.45) is 0. The number of hydrogen-bond donors (Lipinski definition) is 2. The number of aryl methyl sites for hydroxylation is 1. The van der Waals surface area contributed by atoms with Crippen LogP contribution in [-0.4, -0.2) is 20.1 Å². The van der Waals surface area contributed by atoms with Crippen molar-refractivity contribution < 1.29 is 13.2 Å². The third-order valence-electron chi connectivity index (χ3n) is 3.90. The summed E-state index contributed by atoms with van der Waals surface area (Å²) in [5.41, 5.74) is 1.99. The molecule has 3 aromatic carbocycles. The van der Waals surface area contributed by atoms with Crippen molar-refractivity contribution in [3.63, 3.8) is 0 Å². The number of rotatable bonds is 7. The second-order valence-corrected chi connectivity index (χ2v) is 9.46. The maximum absolute atomic E-state index is 12.5. The zero-order valence-corrected chi connectivity index (χ0v) is 17.9. The third-order valence-corrected chi connectivity index (χ3v) is 6.56. The Morgan fingerprint density at radius 1 is 0.966 bits per heavy atom. The maximum atomic E-state index is 12.5. The number of benzene rings is 3. The van der Waals surface area contributed by atoms with Crippen LogP contribution in [0, 0.1) is 6.92 Å². The standard InChI is InChI=1S/C21H19ClN2O3S2/c1-15-3-2-4-18(13-15)24-29(26,27)20-11-7-17(8-12-20)23-21(25)14-28-19-9-5-16(22)6-10-19/h2-13,24H,14H2,1H3,(H,23,25). The van der Waals surface area contributed by atoms with E-state index >= 15 is 0 Å². The van der Waals surface area contributed by atoms with Crippen LogP contribution in [0.15, 0.2) is 82.6 Å². The first-order chi connectivity index (χ1) is 13.8. The highest BCUT2D eigenvalue weighted by atomic mass is 35.5. The van der Waals surface area contributed by atoms with Crippen molar-refractivity contribution in [1.29, 1.82) is 0 Å². The lowest BCUT2D eigenvalue weighted by molar-refractivity contribution is -0.113. The molecule has 5 nitrogen and oxygen atoms in total. The van der Waals surface area contributed by atoms with Gasteiger partial charge in [0.05, 0.1) is 10.6 Å². The normalized spacial score (nSPS) is 11.1. The van der Waals surface area contributed by atoms with Crippen molar-refractivity contribution in [3.8, 4) is 0 Å². The molecule has 0 aliphatic carbocycles. The first kappa shape index (κ1) is 21.2. The van der Waals surface area contributed by atoms with Gasteiger partial charge in [-0.3, -0.25) is 9.52 Å². The average Bonchev–Trinajstić information content (AvgIpc) is 2.68. The summed E-state index contributed by atoms with van der Waals surface area (Å²) in [6.45, 7) is 1.89. The lowest BCUT2D eigenvalue weighted by Gasteiger charge is -2.10. The van der Waals surface area contributed by atoms with Gasteiger partial charge in [0, 0.05) is 21.3 Å². The number of sulfonamides is 1. The van der Waals surface area contributed by atoms with Crippen LogP contribution in [0.5, 0.6) is 0 Å². The fourth-order valence-corrected chi connectivity index (χ4v) is 4.39. The smallest absolute Gasteiger partial charge is 0.261 e. The Balaban J connectivity index is 1.58. The lowest BCUT2D eigenvalue weighted by atomic mass is 10.2. The van der Waals surface area contributed by atoms with Gasteiger partial charge in [-0.1, -0.05) is 23.7 Å². The molecule has 0 radical (unpaired) electrons. The third kappa shape index (κ3) is 6.25. The molecule has 0 aliphatic rings. The van der Waals surface area contributed by atoms with Crippen LogP contribution in [0.25, 0.3) is 0 Å². The number of carbonyl (C=O) groups is 1. The molecule has 1 amide bonds. The van der Waals surface area contributed by atoms with Gasteiger partial charge >= 0.3 is 0 Å². The maximum Gasteiger partial charge on any atom is 0.261 e. The van der Waals surface area contributed by atoms with Crippen molar-refractivity contribution in [2.45, 2.75) is 16.7 Å². The van der Waals surface area contributed by atoms with Crippen molar-refractivity contribution in [2.75, 3.05) is 15.8 Å². The Morgan fingerprint density at radius 3 is 2.31 bits per heavy atom. The summed E-state index contributed by atoms with van der Waals surface area (Å²) in [6, 6.07) is 20.4. The van der Waals surface area contributed by atoms with Gasteiger partial charge in [-0.05, 0) is 73.2 Å². The molecule has 0 saturated heterocycles. The molecular formula is C21H19ClN2O3S2. The number of carbonyl (C=O) groups excluding carboxylic acids is 1. The minimum Gasteiger partial charge on any atom is -0.325 e. The van der Waals surface area contributed by atoms with Crippen molar-refractivity contribution in [3.05, 3.63) is 83.4 Å². The van der Waals surface area contributed by atoms with Crippen LogP contribution in [0.2, 0.25) is 5.02 Å². The van der Waals surface area contributed by atoms with Crippen molar-refractivity contribution >= 4 is 50.7 Å².